The Morgan fingerprint density at radius 2 is 1.86 bits per heavy atom. The zero-order valence-corrected chi connectivity index (χ0v) is 26.1. The van der Waals surface area contributed by atoms with Crippen LogP contribution in [0.5, 0.6) is 0 Å². The molecule has 1 aromatic heterocycles. The molecule has 0 aliphatic carbocycles. The Morgan fingerprint density at radius 3 is 2.55 bits per heavy atom. The van der Waals surface area contributed by atoms with Crippen molar-refractivity contribution in [3.63, 3.8) is 0 Å². The quantitative estimate of drug-likeness (QED) is 0.303. The molecule has 0 unspecified atom stereocenters. The van der Waals surface area contributed by atoms with E-state index in [1.54, 1.807) is 18.3 Å². The molecule has 0 radical (unpaired) electrons. The molecule has 4 rings (SSSR count). The van der Waals surface area contributed by atoms with Gasteiger partial charge in [-0.3, -0.25) is 19.3 Å². The topological polar surface area (TPSA) is 116 Å². The molecule has 230 valence electrons. The monoisotopic (exact) mass is 598 g/mol. The van der Waals surface area contributed by atoms with E-state index in [-0.39, 0.29) is 42.6 Å². The first-order valence-corrected chi connectivity index (χ1v) is 16.0. The zero-order chi connectivity index (χ0) is 30.1. The van der Waals surface area contributed by atoms with Crippen molar-refractivity contribution in [2.45, 2.75) is 58.0 Å². The summed E-state index contributed by atoms with van der Waals surface area (Å²) in [6.07, 6.45) is 3.08. The molecule has 0 spiro atoms. The highest BCUT2D eigenvalue weighted by atomic mass is 32.1. The molecule has 2 aliphatic rings. The van der Waals surface area contributed by atoms with Crippen LogP contribution in [0.3, 0.4) is 0 Å². The molecule has 10 nitrogen and oxygen atoms in total. The van der Waals surface area contributed by atoms with E-state index < -0.39 is 6.04 Å². The fourth-order valence-electron chi connectivity index (χ4n) is 5.42. The summed E-state index contributed by atoms with van der Waals surface area (Å²) < 4.78 is 6.64. The molecule has 2 aliphatic heterocycles. The summed E-state index contributed by atoms with van der Waals surface area (Å²) in [5.74, 6) is -0.517. The zero-order valence-electron chi connectivity index (χ0n) is 25.2. The number of thiazole rings is 1. The number of benzene rings is 1. The Morgan fingerprint density at radius 1 is 1.12 bits per heavy atom. The van der Waals surface area contributed by atoms with Crippen LogP contribution in [-0.4, -0.2) is 104 Å². The third-order valence-corrected chi connectivity index (χ3v) is 9.27. The van der Waals surface area contributed by atoms with Crippen molar-refractivity contribution >= 4 is 39.3 Å². The highest BCUT2D eigenvalue weighted by Gasteiger charge is 2.30. The molecule has 3 amide bonds. The summed E-state index contributed by atoms with van der Waals surface area (Å²) in [7, 11) is 2.10. The molecular weight excluding hydrogens is 552 g/mol. The van der Waals surface area contributed by atoms with Crippen LogP contribution in [0.2, 0.25) is 0 Å². The number of hydrogen-bond acceptors (Lipinski definition) is 8. The van der Waals surface area contributed by atoms with Crippen LogP contribution < -0.4 is 16.0 Å². The summed E-state index contributed by atoms with van der Waals surface area (Å²) in [5.41, 5.74) is 2.65. The molecule has 2 fully saturated rings. The fourth-order valence-corrected chi connectivity index (χ4v) is 6.49. The van der Waals surface area contributed by atoms with Crippen molar-refractivity contribution in [1.29, 1.82) is 0 Å². The normalized spacial score (nSPS) is 18.4. The number of ether oxygens (including phenoxy) is 1. The van der Waals surface area contributed by atoms with Crippen molar-refractivity contribution in [2.75, 3.05) is 59.5 Å². The van der Waals surface area contributed by atoms with E-state index >= 15 is 0 Å². The number of carbonyl (C=O) groups excluding carboxylic acids is 3. The van der Waals surface area contributed by atoms with Gasteiger partial charge in [-0.05, 0) is 49.9 Å². The Hall–Kier alpha value is -2.86. The summed E-state index contributed by atoms with van der Waals surface area (Å²) in [5, 5.41) is 9.90. The number of fused-ring (bicyclic) bond motifs is 1. The number of aryl methyl sites for hydroxylation is 1. The Kier molecular flexibility index (Phi) is 11.9. The average Bonchev–Trinajstić information content (AvgIpc) is 3.41. The highest BCUT2D eigenvalue weighted by Crippen LogP contribution is 2.25. The van der Waals surface area contributed by atoms with Gasteiger partial charge in [-0.2, -0.15) is 0 Å². The number of nitrogens with one attached hydrogen (secondary N) is 3. The van der Waals surface area contributed by atoms with E-state index in [4.69, 9.17) is 9.72 Å². The SMILES string of the molecule is C=C(CN1CCN(C)CC1)C(=O)NC[C@@H](NC(=O)[C@H](Cc1nc2ccc(CC)cc2s1)NC(=O)CC)C1CCOCC1. The minimum atomic E-state index is -0.770. The number of rotatable bonds is 13. The van der Waals surface area contributed by atoms with Crippen LogP contribution in [-0.2, 0) is 32.0 Å². The second kappa shape index (κ2) is 15.6. The molecule has 3 heterocycles. The number of piperazine rings is 1. The molecular formula is C31H46N6O4S. The third-order valence-electron chi connectivity index (χ3n) is 8.23. The summed E-state index contributed by atoms with van der Waals surface area (Å²) in [6, 6.07) is 5.15. The van der Waals surface area contributed by atoms with Crippen molar-refractivity contribution in [3.8, 4) is 0 Å². The van der Waals surface area contributed by atoms with E-state index in [1.165, 1.54) is 5.56 Å². The number of aromatic nitrogens is 1. The molecule has 0 saturated carbocycles. The minimum Gasteiger partial charge on any atom is -0.381 e. The first kappa shape index (κ1) is 32.1. The standard InChI is InChI=1S/C31H46N6O4S/c1-5-22-7-8-24-27(17-22)42-29(34-24)18-25(33-28(38)6-2)31(40)35-26(23-9-15-41-16-10-23)19-32-30(39)21(3)20-37-13-11-36(4)12-14-37/h7-8,17,23,25-26H,3,5-6,9-16,18-20H2,1-2,4H3,(H,32,39)(H,33,38)(H,35,40)/t25-,26+/m0/s1. The van der Waals surface area contributed by atoms with E-state index in [9.17, 15) is 14.4 Å². The maximum absolute atomic E-state index is 13.7. The van der Waals surface area contributed by atoms with Gasteiger partial charge >= 0.3 is 0 Å². The molecule has 11 heteroatoms. The van der Waals surface area contributed by atoms with Gasteiger partial charge in [-0.25, -0.2) is 4.98 Å². The molecule has 2 aromatic rings. The van der Waals surface area contributed by atoms with Gasteiger partial charge in [-0.1, -0.05) is 26.5 Å². The maximum atomic E-state index is 13.7. The number of nitrogens with zero attached hydrogens (tertiary/aromatic N) is 3. The summed E-state index contributed by atoms with van der Waals surface area (Å²) >= 11 is 1.55. The summed E-state index contributed by atoms with van der Waals surface area (Å²) in [4.78, 5) is 48.4. The first-order chi connectivity index (χ1) is 20.2. The van der Waals surface area contributed by atoms with Crippen LogP contribution >= 0.6 is 11.3 Å². The van der Waals surface area contributed by atoms with E-state index in [0.717, 1.165) is 60.7 Å². The highest BCUT2D eigenvalue weighted by molar-refractivity contribution is 7.18. The molecule has 0 bridgehead atoms. The number of carbonyl (C=O) groups is 3. The van der Waals surface area contributed by atoms with Gasteiger partial charge < -0.3 is 25.6 Å². The average molecular weight is 599 g/mol. The van der Waals surface area contributed by atoms with Crippen molar-refractivity contribution in [1.82, 2.24) is 30.7 Å². The Bertz CT molecular complexity index is 1240. The largest absolute Gasteiger partial charge is 0.381 e. The van der Waals surface area contributed by atoms with E-state index in [1.807, 2.05) is 6.07 Å². The smallest absolute Gasteiger partial charge is 0.247 e. The van der Waals surface area contributed by atoms with Gasteiger partial charge in [-0.15, -0.1) is 11.3 Å². The number of hydrogen-bond donors (Lipinski definition) is 3. The van der Waals surface area contributed by atoms with Gasteiger partial charge in [0, 0.05) is 76.9 Å². The predicted octanol–water partition coefficient (Wildman–Crippen LogP) is 2.13. The van der Waals surface area contributed by atoms with Gasteiger partial charge in [0.15, 0.2) is 0 Å². The maximum Gasteiger partial charge on any atom is 0.247 e. The molecule has 42 heavy (non-hydrogen) atoms. The lowest BCUT2D eigenvalue weighted by Gasteiger charge is -2.33. The molecule has 3 N–H and O–H groups in total. The third kappa shape index (κ3) is 9.07. The van der Waals surface area contributed by atoms with Crippen molar-refractivity contribution in [3.05, 3.63) is 40.9 Å². The second-order valence-corrected chi connectivity index (χ2v) is 12.5. The van der Waals surface area contributed by atoms with Crippen LogP contribution in [0, 0.1) is 5.92 Å². The van der Waals surface area contributed by atoms with Crippen LogP contribution in [0.25, 0.3) is 10.2 Å². The lowest BCUT2D eigenvalue weighted by molar-refractivity contribution is -0.129. The predicted molar refractivity (Wildman–Crippen MR) is 166 cm³/mol. The molecule has 2 atom stereocenters. The molecule has 1 aromatic carbocycles. The number of amides is 3. The van der Waals surface area contributed by atoms with Crippen LogP contribution in [0.1, 0.15) is 43.7 Å². The van der Waals surface area contributed by atoms with Gasteiger partial charge in [0.25, 0.3) is 0 Å². The lowest BCUT2D eigenvalue weighted by Crippen LogP contribution is -2.55. The van der Waals surface area contributed by atoms with Crippen molar-refractivity contribution in [2.24, 2.45) is 5.92 Å². The van der Waals surface area contributed by atoms with Crippen LogP contribution in [0.4, 0.5) is 0 Å². The summed E-state index contributed by atoms with van der Waals surface area (Å²) in [6.45, 7) is 13.7. The minimum absolute atomic E-state index is 0.145. The fraction of sp³-hybridized carbons (Fsp3) is 0.613. The van der Waals surface area contributed by atoms with Gasteiger partial charge in [0.05, 0.1) is 15.2 Å². The second-order valence-electron chi connectivity index (χ2n) is 11.4. The van der Waals surface area contributed by atoms with Crippen LogP contribution in [0.15, 0.2) is 30.4 Å². The first-order valence-electron chi connectivity index (χ1n) is 15.2. The van der Waals surface area contributed by atoms with Crippen molar-refractivity contribution < 1.29 is 19.1 Å². The van der Waals surface area contributed by atoms with E-state index in [2.05, 4.69) is 58.4 Å². The Balaban J connectivity index is 1.42. The lowest BCUT2D eigenvalue weighted by atomic mass is 9.91. The Labute approximate surface area is 253 Å². The van der Waals surface area contributed by atoms with E-state index in [0.29, 0.717) is 31.8 Å². The number of likely N-dealkylation sites (N-methyl/N-ethyl adjacent to an activating group) is 1. The van der Waals surface area contributed by atoms with Gasteiger partial charge in [0.2, 0.25) is 17.7 Å². The van der Waals surface area contributed by atoms with Gasteiger partial charge in [0.1, 0.15) is 6.04 Å². The molecule has 2 saturated heterocycles.